The molecule has 2 heterocycles. The lowest BCUT2D eigenvalue weighted by atomic mass is 10.0. The Bertz CT molecular complexity index is 1610. The molecule has 4 aromatic rings. The number of benzene rings is 3. The average Bonchev–Trinajstić information content (AvgIpc) is 2.97. The van der Waals surface area contributed by atoms with E-state index in [-0.39, 0.29) is 11.7 Å². The van der Waals surface area contributed by atoms with Crippen LogP contribution in [0.25, 0.3) is 10.9 Å². The van der Waals surface area contributed by atoms with Crippen LogP contribution in [0, 0.1) is 10.1 Å². The van der Waals surface area contributed by atoms with Gasteiger partial charge in [-0.25, -0.2) is 9.78 Å². The number of likely N-dealkylation sites (tertiary alicyclic amines) is 1. The van der Waals surface area contributed by atoms with Crippen LogP contribution in [0.5, 0.6) is 0 Å². The Hall–Kier alpha value is -4.78. The first-order chi connectivity index (χ1) is 20.1. The van der Waals surface area contributed by atoms with E-state index in [4.69, 9.17) is 4.74 Å². The number of methoxy groups -OCH3 is 1. The number of esters is 1. The molecule has 0 spiro atoms. The monoisotopic (exact) mass is 580 g/mol. The number of nitro groups is 1. The van der Waals surface area contributed by atoms with Crippen molar-refractivity contribution in [3.63, 3.8) is 0 Å². The summed E-state index contributed by atoms with van der Waals surface area (Å²) in [4.78, 5) is 34.0. The van der Waals surface area contributed by atoms with E-state index in [1.54, 1.807) is 36.4 Å². The van der Waals surface area contributed by atoms with Crippen LogP contribution in [-0.4, -0.2) is 52.0 Å². The molecule has 1 aliphatic heterocycles. The van der Waals surface area contributed by atoms with Gasteiger partial charge in [-0.15, -0.1) is 0 Å². The highest BCUT2D eigenvalue weighted by atomic mass is 19.4. The molecular weight excluding hydrogens is 553 g/mol. The van der Waals surface area contributed by atoms with Crippen LogP contribution in [0.4, 0.5) is 36.3 Å². The number of nitrogens with zero attached hydrogens (tertiary/aromatic N) is 4. The minimum atomic E-state index is -4.38. The van der Waals surface area contributed by atoms with Crippen LogP contribution >= 0.6 is 0 Å². The molecule has 0 bridgehead atoms. The van der Waals surface area contributed by atoms with E-state index in [1.165, 1.54) is 31.4 Å². The quantitative estimate of drug-likeness (QED) is 0.143. The number of piperidine rings is 1. The maximum absolute atomic E-state index is 13.1. The first-order valence-corrected chi connectivity index (χ1v) is 13.2. The van der Waals surface area contributed by atoms with Crippen molar-refractivity contribution in [1.82, 2.24) is 14.9 Å². The highest BCUT2D eigenvalue weighted by Gasteiger charge is 2.30. The summed E-state index contributed by atoms with van der Waals surface area (Å²) in [5.74, 6) is 0.206. The smallest absolute Gasteiger partial charge is 0.416 e. The highest BCUT2D eigenvalue weighted by molar-refractivity contribution is 5.94. The van der Waals surface area contributed by atoms with E-state index in [0.717, 1.165) is 18.9 Å². The van der Waals surface area contributed by atoms with Crippen LogP contribution < -0.4 is 10.6 Å². The SMILES string of the molecule is COC(=O)c1ccc(Nc2nc(NC3CCN(Cc4cccc(C(F)(F)F)c4)CC3)nc3ccc([N+](=O)[O-])cc23)cc1. The summed E-state index contributed by atoms with van der Waals surface area (Å²) >= 11 is 0. The molecule has 3 aromatic carbocycles. The van der Waals surface area contributed by atoms with E-state index in [1.807, 2.05) is 0 Å². The molecule has 42 heavy (non-hydrogen) atoms. The molecule has 5 rings (SSSR count). The highest BCUT2D eigenvalue weighted by Crippen LogP contribution is 2.31. The number of fused-ring (bicyclic) bond motifs is 1. The third-order valence-corrected chi connectivity index (χ3v) is 7.04. The molecule has 1 aromatic heterocycles. The predicted molar refractivity (Wildman–Crippen MR) is 151 cm³/mol. The second kappa shape index (κ2) is 12.0. The molecule has 10 nitrogen and oxygen atoms in total. The van der Waals surface area contributed by atoms with Crippen LogP contribution in [0.2, 0.25) is 0 Å². The Labute approximate surface area is 238 Å². The standard InChI is InChI=1S/C29H27F3N6O4/c1-42-27(39)19-5-7-21(8-6-19)33-26-24-16-23(38(40)41)9-10-25(24)35-28(36-26)34-22-11-13-37(14-12-22)17-18-3-2-4-20(15-18)29(30,31)32/h2-10,15-16,22H,11-14,17H2,1H3,(H2,33,34,35,36). The number of ether oxygens (including phenoxy) is 1. The number of hydrogen-bond donors (Lipinski definition) is 2. The lowest BCUT2D eigenvalue weighted by Gasteiger charge is -2.32. The Morgan fingerprint density at radius 3 is 2.48 bits per heavy atom. The normalized spacial score (nSPS) is 14.5. The van der Waals surface area contributed by atoms with Gasteiger partial charge in [0.05, 0.1) is 28.7 Å². The summed E-state index contributed by atoms with van der Waals surface area (Å²) < 4.78 is 44.0. The van der Waals surface area contributed by atoms with Gasteiger partial charge >= 0.3 is 12.1 Å². The molecule has 13 heteroatoms. The van der Waals surface area contributed by atoms with E-state index >= 15 is 0 Å². The number of carbonyl (C=O) groups excluding carboxylic acids is 1. The molecule has 218 valence electrons. The van der Waals surface area contributed by atoms with Gasteiger partial charge in [-0.2, -0.15) is 18.2 Å². The van der Waals surface area contributed by atoms with Crippen molar-refractivity contribution in [3.05, 3.63) is 93.5 Å². The van der Waals surface area contributed by atoms with E-state index in [0.29, 0.717) is 59.1 Å². The third-order valence-electron chi connectivity index (χ3n) is 7.04. The second-order valence-electron chi connectivity index (χ2n) is 9.94. The van der Waals surface area contributed by atoms with Gasteiger partial charge in [0.1, 0.15) is 5.82 Å². The summed E-state index contributed by atoms with van der Waals surface area (Å²) in [7, 11) is 1.29. The van der Waals surface area contributed by atoms with Crippen LogP contribution in [0.1, 0.15) is 34.3 Å². The van der Waals surface area contributed by atoms with Gasteiger partial charge in [0, 0.05) is 48.9 Å². The van der Waals surface area contributed by atoms with Gasteiger partial charge in [-0.05, 0) is 54.8 Å². The summed E-state index contributed by atoms with van der Waals surface area (Å²) in [5.41, 5.74) is 1.31. The zero-order chi connectivity index (χ0) is 29.9. The Morgan fingerprint density at radius 2 is 1.81 bits per heavy atom. The fraction of sp³-hybridized carbons (Fsp3) is 0.276. The fourth-order valence-corrected chi connectivity index (χ4v) is 4.86. The Morgan fingerprint density at radius 1 is 1.07 bits per heavy atom. The number of nitro benzene ring substituents is 1. The van der Waals surface area contributed by atoms with Crippen LogP contribution in [-0.2, 0) is 17.5 Å². The average molecular weight is 581 g/mol. The minimum absolute atomic E-state index is 0.0189. The zero-order valence-electron chi connectivity index (χ0n) is 22.5. The van der Waals surface area contributed by atoms with Crippen molar-refractivity contribution >= 4 is 40.0 Å². The number of nitrogens with one attached hydrogen (secondary N) is 2. The zero-order valence-corrected chi connectivity index (χ0v) is 22.5. The molecule has 0 atom stereocenters. The number of carbonyl (C=O) groups is 1. The number of aromatic nitrogens is 2. The van der Waals surface area contributed by atoms with Gasteiger partial charge in [0.15, 0.2) is 0 Å². The summed E-state index contributed by atoms with van der Waals surface area (Å²) in [6.07, 6.45) is -2.94. The lowest BCUT2D eigenvalue weighted by Crippen LogP contribution is -2.39. The molecule has 1 aliphatic rings. The first-order valence-electron chi connectivity index (χ1n) is 13.2. The van der Waals surface area contributed by atoms with Gasteiger partial charge < -0.3 is 15.4 Å². The van der Waals surface area contributed by atoms with Crippen LogP contribution in [0.15, 0.2) is 66.7 Å². The number of halogens is 3. The van der Waals surface area contributed by atoms with Gasteiger partial charge in [-0.1, -0.05) is 18.2 Å². The molecular formula is C29H27F3N6O4. The topological polar surface area (TPSA) is 123 Å². The van der Waals surface area contributed by atoms with Crippen LogP contribution in [0.3, 0.4) is 0 Å². The van der Waals surface area contributed by atoms with Gasteiger partial charge in [0.2, 0.25) is 5.95 Å². The summed E-state index contributed by atoms with van der Waals surface area (Å²) in [5, 5.41) is 18.4. The Kier molecular flexibility index (Phi) is 8.20. The summed E-state index contributed by atoms with van der Waals surface area (Å²) in [6.45, 7) is 1.77. The second-order valence-corrected chi connectivity index (χ2v) is 9.94. The largest absolute Gasteiger partial charge is 0.465 e. The third kappa shape index (κ3) is 6.74. The number of rotatable bonds is 8. The van der Waals surface area contributed by atoms with Gasteiger partial charge in [0.25, 0.3) is 5.69 Å². The van der Waals surface area contributed by atoms with Crippen molar-refractivity contribution in [3.8, 4) is 0 Å². The molecule has 0 saturated carbocycles. The molecule has 2 N–H and O–H groups in total. The summed E-state index contributed by atoms with van der Waals surface area (Å²) in [6, 6.07) is 16.3. The van der Waals surface area contributed by atoms with Crippen molar-refractivity contribution in [2.45, 2.75) is 31.6 Å². The molecule has 0 unspecified atom stereocenters. The van der Waals surface area contributed by atoms with Gasteiger partial charge in [-0.3, -0.25) is 15.0 Å². The number of alkyl halides is 3. The first kappa shape index (κ1) is 28.7. The van der Waals surface area contributed by atoms with E-state index in [2.05, 4.69) is 25.5 Å². The van der Waals surface area contributed by atoms with E-state index < -0.39 is 22.6 Å². The Balaban J connectivity index is 1.31. The maximum Gasteiger partial charge on any atom is 0.416 e. The van der Waals surface area contributed by atoms with Crippen molar-refractivity contribution < 1.29 is 27.6 Å². The minimum Gasteiger partial charge on any atom is -0.465 e. The molecule has 0 radical (unpaired) electrons. The number of hydrogen-bond acceptors (Lipinski definition) is 9. The lowest BCUT2D eigenvalue weighted by molar-refractivity contribution is -0.384. The fourth-order valence-electron chi connectivity index (χ4n) is 4.86. The molecule has 1 fully saturated rings. The molecule has 1 saturated heterocycles. The maximum atomic E-state index is 13.1. The molecule has 0 amide bonds. The predicted octanol–water partition coefficient (Wildman–Crippen LogP) is 6.16. The molecule has 0 aliphatic carbocycles. The number of anilines is 3. The van der Waals surface area contributed by atoms with Crippen molar-refractivity contribution in [2.75, 3.05) is 30.8 Å². The van der Waals surface area contributed by atoms with Crippen molar-refractivity contribution in [1.29, 1.82) is 0 Å². The van der Waals surface area contributed by atoms with E-state index in [9.17, 15) is 28.1 Å². The van der Waals surface area contributed by atoms with Crippen molar-refractivity contribution in [2.24, 2.45) is 0 Å². The number of non-ortho nitro benzene ring substituents is 1.